The SMILES string of the molecule is CCN1CCC[C@@H]1CN(CCC(=O)N1CCNCC1)S(=O)(=O)c1ccc(C)cc1. The van der Waals surface area contributed by atoms with Crippen LogP contribution in [0.5, 0.6) is 0 Å². The van der Waals surface area contributed by atoms with Gasteiger partial charge in [-0.2, -0.15) is 4.31 Å². The van der Waals surface area contributed by atoms with Crippen molar-refractivity contribution in [2.45, 2.75) is 44.0 Å². The molecule has 3 rings (SSSR count). The molecule has 0 spiro atoms. The summed E-state index contributed by atoms with van der Waals surface area (Å²) in [4.78, 5) is 17.1. The number of likely N-dealkylation sites (tertiary alicyclic amines) is 1. The molecule has 162 valence electrons. The number of rotatable bonds is 8. The van der Waals surface area contributed by atoms with Crippen LogP contribution < -0.4 is 5.32 Å². The number of carbonyl (C=O) groups is 1. The van der Waals surface area contributed by atoms with Crippen molar-refractivity contribution in [2.24, 2.45) is 0 Å². The summed E-state index contributed by atoms with van der Waals surface area (Å²) in [6.07, 6.45) is 2.32. The zero-order valence-electron chi connectivity index (χ0n) is 17.6. The summed E-state index contributed by atoms with van der Waals surface area (Å²) >= 11 is 0. The number of piperazine rings is 1. The van der Waals surface area contributed by atoms with Gasteiger partial charge in [0, 0.05) is 51.7 Å². The lowest BCUT2D eigenvalue weighted by atomic mass is 10.2. The molecule has 8 heteroatoms. The van der Waals surface area contributed by atoms with E-state index in [1.165, 1.54) is 4.31 Å². The third kappa shape index (κ3) is 5.57. The fourth-order valence-electron chi connectivity index (χ4n) is 4.21. The molecule has 2 heterocycles. The maximum Gasteiger partial charge on any atom is 0.243 e. The molecule has 1 aromatic carbocycles. The Labute approximate surface area is 175 Å². The van der Waals surface area contributed by atoms with Crippen LogP contribution in [0.2, 0.25) is 0 Å². The molecular weight excluding hydrogens is 388 g/mol. The molecule has 2 fully saturated rings. The maximum absolute atomic E-state index is 13.4. The predicted molar refractivity (Wildman–Crippen MR) is 114 cm³/mol. The number of hydrogen-bond donors (Lipinski definition) is 1. The van der Waals surface area contributed by atoms with Gasteiger partial charge < -0.3 is 10.2 Å². The lowest BCUT2D eigenvalue weighted by molar-refractivity contribution is -0.131. The number of nitrogens with one attached hydrogen (secondary N) is 1. The molecule has 7 nitrogen and oxygen atoms in total. The van der Waals surface area contributed by atoms with Crippen molar-refractivity contribution in [1.29, 1.82) is 0 Å². The summed E-state index contributed by atoms with van der Waals surface area (Å²) in [6, 6.07) is 7.20. The minimum Gasteiger partial charge on any atom is -0.340 e. The highest BCUT2D eigenvalue weighted by molar-refractivity contribution is 7.89. The zero-order valence-corrected chi connectivity index (χ0v) is 18.5. The average molecular weight is 423 g/mol. The van der Waals surface area contributed by atoms with Gasteiger partial charge in [0.1, 0.15) is 0 Å². The highest BCUT2D eigenvalue weighted by Gasteiger charge is 2.32. The fraction of sp³-hybridized carbons (Fsp3) is 0.667. The molecule has 29 heavy (non-hydrogen) atoms. The van der Waals surface area contributed by atoms with Crippen molar-refractivity contribution in [1.82, 2.24) is 19.4 Å². The van der Waals surface area contributed by atoms with Crippen LogP contribution >= 0.6 is 0 Å². The van der Waals surface area contributed by atoms with Crippen molar-refractivity contribution in [3.63, 3.8) is 0 Å². The minimum absolute atomic E-state index is 0.0365. The average Bonchev–Trinajstić information content (AvgIpc) is 3.19. The van der Waals surface area contributed by atoms with Gasteiger partial charge in [-0.15, -0.1) is 0 Å². The first-order chi connectivity index (χ1) is 13.9. The summed E-state index contributed by atoms with van der Waals surface area (Å²) in [7, 11) is -3.64. The van der Waals surface area contributed by atoms with Crippen molar-refractivity contribution in [2.75, 3.05) is 52.4 Å². The molecule has 0 saturated carbocycles. The molecule has 0 aliphatic carbocycles. The Morgan fingerprint density at radius 1 is 1.17 bits per heavy atom. The van der Waals surface area contributed by atoms with E-state index in [1.807, 2.05) is 24.0 Å². The van der Waals surface area contributed by atoms with E-state index in [4.69, 9.17) is 0 Å². The van der Waals surface area contributed by atoms with Gasteiger partial charge in [-0.1, -0.05) is 24.6 Å². The van der Waals surface area contributed by atoms with Crippen LogP contribution in [-0.2, 0) is 14.8 Å². The molecule has 2 saturated heterocycles. The molecule has 1 amide bonds. The van der Waals surface area contributed by atoms with Gasteiger partial charge in [0.2, 0.25) is 15.9 Å². The highest BCUT2D eigenvalue weighted by Crippen LogP contribution is 2.23. The number of hydrogen-bond acceptors (Lipinski definition) is 5. The smallest absolute Gasteiger partial charge is 0.243 e. The molecule has 1 aromatic rings. The third-order valence-corrected chi connectivity index (χ3v) is 7.90. The van der Waals surface area contributed by atoms with Gasteiger partial charge in [0.15, 0.2) is 0 Å². The molecule has 0 bridgehead atoms. The van der Waals surface area contributed by atoms with Crippen LogP contribution in [0.3, 0.4) is 0 Å². The van der Waals surface area contributed by atoms with E-state index < -0.39 is 10.0 Å². The van der Waals surface area contributed by atoms with Gasteiger partial charge in [-0.25, -0.2) is 8.42 Å². The number of carbonyl (C=O) groups excluding carboxylic acids is 1. The second-order valence-corrected chi connectivity index (χ2v) is 9.92. The first-order valence-electron chi connectivity index (χ1n) is 10.7. The van der Waals surface area contributed by atoms with Crippen LogP contribution in [0.1, 0.15) is 31.7 Å². The number of sulfonamides is 1. The molecule has 2 aliphatic heterocycles. The largest absolute Gasteiger partial charge is 0.340 e. The van der Waals surface area contributed by atoms with Gasteiger partial charge in [0.05, 0.1) is 4.90 Å². The van der Waals surface area contributed by atoms with E-state index >= 15 is 0 Å². The topological polar surface area (TPSA) is 73.0 Å². The van der Waals surface area contributed by atoms with Crippen LogP contribution in [-0.4, -0.2) is 86.8 Å². The second-order valence-electron chi connectivity index (χ2n) is 7.98. The van der Waals surface area contributed by atoms with Crippen molar-refractivity contribution in [3.8, 4) is 0 Å². The first-order valence-corrected chi connectivity index (χ1v) is 12.1. The Morgan fingerprint density at radius 2 is 1.86 bits per heavy atom. The van der Waals surface area contributed by atoms with Gasteiger partial charge >= 0.3 is 0 Å². The molecule has 0 unspecified atom stereocenters. The lowest BCUT2D eigenvalue weighted by Crippen LogP contribution is -2.48. The number of likely N-dealkylation sites (N-methyl/N-ethyl adjacent to an activating group) is 1. The molecule has 2 aliphatic rings. The number of nitrogens with zero attached hydrogens (tertiary/aromatic N) is 3. The lowest BCUT2D eigenvalue weighted by Gasteiger charge is -2.31. The third-order valence-electron chi connectivity index (χ3n) is 6.02. The summed E-state index contributed by atoms with van der Waals surface area (Å²) < 4.78 is 28.3. The van der Waals surface area contributed by atoms with Crippen molar-refractivity contribution < 1.29 is 13.2 Å². The van der Waals surface area contributed by atoms with E-state index in [0.29, 0.717) is 24.5 Å². The second kappa shape index (κ2) is 10.0. The standard InChI is InChI=1S/C21H34N4O3S/c1-3-23-13-4-5-19(23)17-25(14-10-21(26)24-15-11-22-12-16-24)29(27,28)20-8-6-18(2)7-9-20/h6-9,19,22H,3-5,10-17H2,1-2H3/t19-/m1/s1. The van der Waals surface area contributed by atoms with Crippen molar-refractivity contribution in [3.05, 3.63) is 29.8 Å². The Morgan fingerprint density at radius 3 is 2.52 bits per heavy atom. The Kier molecular flexibility index (Phi) is 7.67. The van der Waals surface area contributed by atoms with Gasteiger partial charge in [-0.05, 0) is 45.0 Å². The minimum atomic E-state index is -3.64. The number of aryl methyl sites for hydroxylation is 1. The molecule has 1 atom stereocenters. The zero-order chi connectivity index (χ0) is 20.9. The van der Waals surface area contributed by atoms with E-state index in [-0.39, 0.29) is 24.9 Å². The van der Waals surface area contributed by atoms with E-state index in [1.54, 1.807) is 12.1 Å². The summed E-state index contributed by atoms with van der Waals surface area (Å²) in [5.41, 5.74) is 1.03. The monoisotopic (exact) mass is 422 g/mol. The molecular formula is C21H34N4O3S. The quantitative estimate of drug-likeness (QED) is 0.684. The van der Waals surface area contributed by atoms with Crippen LogP contribution in [0.25, 0.3) is 0 Å². The van der Waals surface area contributed by atoms with E-state index in [2.05, 4.69) is 17.1 Å². The number of benzene rings is 1. The van der Waals surface area contributed by atoms with Gasteiger partial charge in [-0.3, -0.25) is 9.69 Å². The van der Waals surface area contributed by atoms with Gasteiger partial charge in [0.25, 0.3) is 0 Å². The first kappa shape index (κ1) is 22.2. The summed E-state index contributed by atoms with van der Waals surface area (Å²) in [6.45, 7) is 9.64. The van der Waals surface area contributed by atoms with Crippen LogP contribution in [0, 0.1) is 6.92 Å². The molecule has 1 N–H and O–H groups in total. The number of amides is 1. The Balaban J connectivity index is 1.75. The Hall–Kier alpha value is -1.48. The fourth-order valence-corrected chi connectivity index (χ4v) is 5.69. The van der Waals surface area contributed by atoms with E-state index in [0.717, 1.165) is 44.6 Å². The highest BCUT2D eigenvalue weighted by atomic mass is 32.2. The maximum atomic E-state index is 13.4. The van der Waals surface area contributed by atoms with Crippen LogP contribution in [0.15, 0.2) is 29.2 Å². The molecule has 0 aromatic heterocycles. The molecule has 0 radical (unpaired) electrons. The summed E-state index contributed by atoms with van der Waals surface area (Å²) in [5.74, 6) is 0.0365. The summed E-state index contributed by atoms with van der Waals surface area (Å²) in [5, 5.41) is 3.24. The van der Waals surface area contributed by atoms with E-state index in [9.17, 15) is 13.2 Å². The van der Waals surface area contributed by atoms with Crippen molar-refractivity contribution >= 4 is 15.9 Å². The van der Waals surface area contributed by atoms with Crippen LogP contribution in [0.4, 0.5) is 0 Å². The predicted octanol–water partition coefficient (Wildman–Crippen LogP) is 1.29. The normalized spacial score (nSPS) is 21.1. The Bertz CT molecular complexity index is 776.